The molecule has 1 rings (SSSR count). The number of carbonyl (C=O) groups excluding carboxylic acids is 2. The number of methoxy groups -OCH3 is 1. The molecule has 0 saturated carbocycles. The molecule has 0 spiro atoms. The van der Waals surface area contributed by atoms with Crippen LogP contribution < -0.4 is 0 Å². The van der Waals surface area contributed by atoms with Crippen molar-refractivity contribution in [3.05, 3.63) is 0 Å². The molecule has 28 heavy (non-hydrogen) atoms. The number of cyclic esters (lactones) is 1. The molecular weight excluding hydrogens is 360 g/mol. The normalized spacial score (nSPS) is 44.6. The van der Waals surface area contributed by atoms with Gasteiger partial charge in [-0.2, -0.15) is 0 Å². The highest BCUT2D eigenvalue weighted by Crippen LogP contribution is 2.35. The Bertz CT molecular complexity index is 545. The summed E-state index contributed by atoms with van der Waals surface area (Å²) in [6, 6.07) is 0. The van der Waals surface area contributed by atoms with Gasteiger partial charge in [-0.05, 0) is 45.4 Å². The number of aliphatic hydroxyl groups excluding tert-OH is 1. The first-order chi connectivity index (χ1) is 12.8. The van der Waals surface area contributed by atoms with Gasteiger partial charge in [0.25, 0.3) is 0 Å². The number of carbonyl (C=O) groups is 2. The predicted octanol–water partition coefficient (Wildman–Crippen LogP) is 3.12. The van der Waals surface area contributed by atoms with Crippen LogP contribution in [0.4, 0.5) is 0 Å². The van der Waals surface area contributed by atoms with Crippen molar-refractivity contribution >= 4 is 11.8 Å². The van der Waals surface area contributed by atoms with Crippen molar-refractivity contribution in [1.82, 2.24) is 0 Å². The van der Waals surface area contributed by atoms with Crippen molar-refractivity contribution in [3.8, 4) is 0 Å². The maximum atomic E-state index is 13.0. The van der Waals surface area contributed by atoms with Crippen LogP contribution in [-0.2, 0) is 19.1 Å². The molecule has 0 aliphatic carbocycles. The molecule has 6 nitrogen and oxygen atoms in total. The van der Waals surface area contributed by atoms with Gasteiger partial charge in [-0.25, -0.2) is 0 Å². The van der Waals surface area contributed by atoms with Crippen molar-refractivity contribution in [2.75, 3.05) is 7.11 Å². The lowest BCUT2D eigenvalue weighted by Crippen LogP contribution is -2.55. The fourth-order valence-electron chi connectivity index (χ4n) is 4.69. The molecule has 2 N–H and O–H groups in total. The summed E-state index contributed by atoms with van der Waals surface area (Å²) in [6.45, 7) is 12.6. The van der Waals surface area contributed by atoms with Crippen molar-refractivity contribution in [1.29, 1.82) is 0 Å². The van der Waals surface area contributed by atoms with Gasteiger partial charge in [-0.3, -0.25) is 9.59 Å². The highest BCUT2D eigenvalue weighted by atomic mass is 16.6. The van der Waals surface area contributed by atoms with Crippen molar-refractivity contribution < 1.29 is 29.3 Å². The van der Waals surface area contributed by atoms with Crippen LogP contribution in [0.25, 0.3) is 0 Å². The summed E-state index contributed by atoms with van der Waals surface area (Å²) < 4.78 is 11.3. The maximum absolute atomic E-state index is 13.0. The van der Waals surface area contributed by atoms with E-state index in [0.29, 0.717) is 25.7 Å². The van der Waals surface area contributed by atoms with Crippen LogP contribution >= 0.6 is 0 Å². The molecule has 0 aromatic rings. The van der Waals surface area contributed by atoms with E-state index in [-0.39, 0.29) is 23.5 Å². The van der Waals surface area contributed by atoms with E-state index in [1.165, 1.54) is 6.92 Å². The third-order valence-electron chi connectivity index (χ3n) is 6.46. The third kappa shape index (κ3) is 5.77. The zero-order valence-electron chi connectivity index (χ0n) is 18.8. The Kier molecular flexibility index (Phi) is 8.66. The van der Waals surface area contributed by atoms with E-state index in [2.05, 4.69) is 6.92 Å². The van der Waals surface area contributed by atoms with Gasteiger partial charge >= 0.3 is 5.97 Å². The van der Waals surface area contributed by atoms with Crippen molar-refractivity contribution in [2.45, 2.75) is 97.6 Å². The average molecular weight is 401 g/mol. The average Bonchev–Trinajstić information content (AvgIpc) is 2.62. The molecule has 164 valence electrons. The van der Waals surface area contributed by atoms with E-state index in [9.17, 15) is 19.8 Å². The molecule has 1 heterocycles. The SMILES string of the molecule is CC[C@H]1OC(=O)[C@H](C)C[C@H](C)C[C@](C)(OC)C[C@@H](C)C(=O)[C@H](C)[C@@H](O)[C@]1(C)O. The summed E-state index contributed by atoms with van der Waals surface area (Å²) in [5, 5.41) is 21.8. The van der Waals surface area contributed by atoms with E-state index >= 15 is 0 Å². The fourth-order valence-corrected chi connectivity index (χ4v) is 4.69. The van der Waals surface area contributed by atoms with Crippen LogP contribution in [0.3, 0.4) is 0 Å². The Morgan fingerprint density at radius 2 is 1.68 bits per heavy atom. The van der Waals surface area contributed by atoms with Gasteiger partial charge in [0.2, 0.25) is 0 Å². The summed E-state index contributed by atoms with van der Waals surface area (Å²) in [6.07, 6.45) is -0.0304. The van der Waals surface area contributed by atoms with E-state index < -0.39 is 35.3 Å². The zero-order valence-corrected chi connectivity index (χ0v) is 18.8. The highest BCUT2D eigenvalue weighted by molar-refractivity contribution is 5.83. The van der Waals surface area contributed by atoms with Crippen LogP contribution in [-0.4, -0.2) is 52.5 Å². The molecule has 8 atom stereocenters. The number of aliphatic hydroxyl groups is 2. The third-order valence-corrected chi connectivity index (χ3v) is 6.46. The second-order valence-electron chi connectivity index (χ2n) is 9.40. The summed E-state index contributed by atoms with van der Waals surface area (Å²) in [5.41, 5.74) is -2.24. The lowest BCUT2D eigenvalue weighted by molar-refractivity contribution is -0.190. The number of hydrogen-bond acceptors (Lipinski definition) is 6. The fraction of sp³-hybridized carbons (Fsp3) is 0.909. The Morgan fingerprint density at radius 1 is 1.11 bits per heavy atom. The van der Waals surface area contributed by atoms with Crippen molar-refractivity contribution in [2.24, 2.45) is 23.7 Å². The minimum atomic E-state index is -1.72. The zero-order chi connectivity index (χ0) is 21.9. The number of rotatable bonds is 2. The van der Waals surface area contributed by atoms with Gasteiger partial charge in [0.15, 0.2) is 0 Å². The van der Waals surface area contributed by atoms with Gasteiger partial charge in [0.05, 0.1) is 17.6 Å². The molecule has 1 aliphatic rings. The van der Waals surface area contributed by atoms with Gasteiger partial charge in [0.1, 0.15) is 17.5 Å². The maximum Gasteiger partial charge on any atom is 0.309 e. The number of ether oxygens (including phenoxy) is 2. The van der Waals surface area contributed by atoms with Crippen molar-refractivity contribution in [3.63, 3.8) is 0 Å². The summed E-state index contributed by atoms with van der Waals surface area (Å²) in [7, 11) is 1.64. The lowest BCUT2D eigenvalue weighted by atomic mass is 9.75. The predicted molar refractivity (Wildman–Crippen MR) is 108 cm³/mol. The number of esters is 1. The number of ketones is 1. The van der Waals surface area contributed by atoms with Gasteiger partial charge < -0.3 is 19.7 Å². The minimum Gasteiger partial charge on any atom is -0.459 e. The molecule has 6 heteroatoms. The Hall–Kier alpha value is -0.980. The lowest BCUT2D eigenvalue weighted by Gasteiger charge is -2.40. The summed E-state index contributed by atoms with van der Waals surface area (Å²) in [5.74, 6) is -1.79. The molecule has 0 radical (unpaired) electrons. The standard InChI is InChI=1S/C22H40O6/c1-9-17-22(7,26)19(24)16(5)18(23)15(4)12-21(6,27-8)11-13(2)10-14(3)20(25)28-17/h13-17,19,24,26H,9-12H2,1-8H3/t13-,14+,15+,16-,17+,19+,21-,22+/m0/s1. The first-order valence-corrected chi connectivity index (χ1v) is 10.5. The molecule has 1 aliphatic heterocycles. The summed E-state index contributed by atoms with van der Waals surface area (Å²) in [4.78, 5) is 25.6. The second kappa shape index (κ2) is 9.68. The summed E-state index contributed by atoms with van der Waals surface area (Å²) >= 11 is 0. The molecule has 0 aromatic carbocycles. The van der Waals surface area contributed by atoms with Crippen LogP contribution in [0.15, 0.2) is 0 Å². The molecule has 1 fully saturated rings. The van der Waals surface area contributed by atoms with Gasteiger partial charge in [-0.15, -0.1) is 0 Å². The number of Topliss-reactive ketones (excluding diaryl/α,β-unsaturated/α-hetero) is 1. The van der Waals surface area contributed by atoms with Gasteiger partial charge in [0, 0.05) is 18.9 Å². The van der Waals surface area contributed by atoms with Crippen LogP contribution in [0, 0.1) is 23.7 Å². The monoisotopic (exact) mass is 400 g/mol. The largest absolute Gasteiger partial charge is 0.459 e. The minimum absolute atomic E-state index is 0.129. The molecular formula is C22H40O6. The topological polar surface area (TPSA) is 93.1 Å². The number of hydrogen-bond donors (Lipinski definition) is 2. The Balaban J connectivity index is 3.29. The molecule has 1 saturated heterocycles. The van der Waals surface area contributed by atoms with E-state index in [4.69, 9.17) is 9.47 Å². The molecule has 0 aromatic heterocycles. The quantitative estimate of drug-likeness (QED) is 0.692. The van der Waals surface area contributed by atoms with E-state index in [1.807, 2.05) is 20.8 Å². The van der Waals surface area contributed by atoms with Crippen LogP contribution in [0.5, 0.6) is 0 Å². The first kappa shape index (κ1) is 25.1. The smallest absolute Gasteiger partial charge is 0.309 e. The van der Waals surface area contributed by atoms with Gasteiger partial charge in [-0.1, -0.05) is 34.6 Å². The second-order valence-corrected chi connectivity index (χ2v) is 9.40. The molecule has 0 amide bonds. The molecule has 0 bridgehead atoms. The van der Waals surface area contributed by atoms with E-state index in [0.717, 1.165) is 0 Å². The molecule has 0 unspecified atom stereocenters. The van der Waals surface area contributed by atoms with Crippen LogP contribution in [0.2, 0.25) is 0 Å². The van der Waals surface area contributed by atoms with E-state index in [1.54, 1.807) is 21.0 Å². The highest BCUT2D eigenvalue weighted by Gasteiger charge is 2.46. The first-order valence-electron chi connectivity index (χ1n) is 10.5. The Labute approximate surface area is 170 Å². The van der Waals surface area contributed by atoms with Crippen LogP contribution in [0.1, 0.15) is 74.1 Å². The Morgan fingerprint density at radius 3 is 2.18 bits per heavy atom.